The van der Waals surface area contributed by atoms with Gasteiger partial charge in [-0.3, -0.25) is 4.79 Å². The van der Waals surface area contributed by atoms with Crippen LogP contribution in [0, 0.1) is 5.92 Å². The van der Waals surface area contributed by atoms with Crippen LogP contribution in [0.2, 0.25) is 0 Å². The van der Waals surface area contributed by atoms with Crippen LogP contribution in [0.1, 0.15) is 57.8 Å². The monoisotopic (exact) mass is 248 g/mol. The lowest BCUT2D eigenvalue weighted by Gasteiger charge is -2.24. The Kier molecular flexibility index (Phi) is 4.94. The maximum atomic E-state index is 12.0. The third-order valence-electron chi connectivity index (χ3n) is 3.44. The molecular weight excluding hydrogens is 224 g/mol. The molecule has 0 saturated heterocycles. The number of ketones is 1. The Morgan fingerprint density at radius 2 is 1.78 bits per heavy atom. The van der Waals surface area contributed by atoms with E-state index in [0.717, 1.165) is 24.2 Å². The van der Waals surface area contributed by atoms with Crippen LogP contribution in [0.25, 0.3) is 0 Å². The van der Waals surface area contributed by atoms with Crippen molar-refractivity contribution in [1.82, 2.24) is 0 Å². The minimum absolute atomic E-state index is 0.0869. The van der Waals surface area contributed by atoms with Gasteiger partial charge in [0.2, 0.25) is 0 Å². The molecule has 0 saturated carbocycles. The zero-order chi connectivity index (χ0) is 13.8. The van der Waals surface area contributed by atoms with Gasteiger partial charge in [-0.05, 0) is 51.0 Å². The highest BCUT2D eigenvalue weighted by Crippen LogP contribution is 2.22. The van der Waals surface area contributed by atoms with Gasteiger partial charge in [0, 0.05) is 11.5 Å². The normalized spacial score (nSPS) is 13.2. The molecule has 1 rings (SSSR count). The van der Waals surface area contributed by atoms with Gasteiger partial charge < -0.3 is 4.74 Å². The molecule has 1 aromatic rings. The summed E-state index contributed by atoms with van der Waals surface area (Å²) < 4.78 is 5.86. The fourth-order valence-electron chi connectivity index (χ4n) is 1.55. The number of rotatable bonds is 6. The van der Waals surface area contributed by atoms with Crippen LogP contribution < -0.4 is 4.74 Å². The van der Waals surface area contributed by atoms with Gasteiger partial charge in [0.15, 0.2) is 5.78 Å². The number of hydrogen-bond acceptors (Lipinski definition) is 2. The molecule has 0 radical (unpaired) electrons. The van der Waals surface area contributed by atoms with Crippen LogP contribution in [0.4, 0.5) is 0 Å². The third kappa shape index (κ3) is 3.86. The summed E-state index contributed by atoms with van der Waals surface area (Å²) in [5, 5.41) is 0. The van der Waals surface area contributed by atoms with Crippen molar-refractivity contribution in [3.63, 3.8) is 0 Å². The predicted molar refractivity (Wildman–Crippen MR) is 75.2 cm³/mol. The van der Waals surface area contributed by atoms with Crippen LogP contribution in [0.15, 0.2) is 24.3 Å². The summed E-state index contributed by atoms with van der Waals surface area (Å²) in [6.07, 6.45) is 1.82. The highest BCUT2D eigenvalue weighted by Gasteiger charge is 2.17. The number of benzene rings is 1. The third-order valence-corrected chi connectivity index (χ3v) is 3.44. The van der Waals surface area contributed by atoms with Crippen LogP contribution in [-0.2, 0) is 0 Å². The van der Waals surface area contributed by atoms with E-state index in [1.165, 1.54) is 0 Å². The minimum atomic E-state index is -0.164. The van der Waals surface area contributed by atoms with Crippen molar-refractivity contribution in [2.75, 3.05) is 0 Å². The van der Waals surface area contributed by atoms with Gasteiger partial charge in [-0.15, -0.1) is 0 Å². The summed E-state index contributed by atoms with van der Waals surface area (Å²) in [5.74, 6) is 1.12. The topological polar surface area (TPSA) is 26.3 Å². The second-order valence-electron chi connectivity index (χ2n) is 5.41. The second kappa shape index (κ2) is 6.03. The summed E-state index contributed by atoms with van der Waals surface area (Å²) in [6.45, 7) is 10.2. The van der Waals surface area contributed by atoms with Gasteiger partial charge in [-0.1, -0.05) is 20.8 Å². The molecule has 2 heteroatoms. The molecule has 0 aliphatic heterocycles. The second-order valence-corrected chi connectivity index (χ2v) is 5.41. The van der Waals surface area contributed by atoms with E-state index in [2.05, 4.69) is 20.8 Å². The van der Waals surface area contributed by atoms with Crippen molar-refractivity contribution in [2.24, 2.45) is 5.92 Å². The van der Waals surface area contributed by atoms with E-state index < -0.39 is 0 Å². The molecule has 0 fully saturated rings. The highest BCUT2D eigenvalue weighted by molar-refractivity contribution is 5.97. The summed E-state index contributed by atoms with van der Waals surface area (Å²) in [4.78, 5) is 12.0. The van der Waals surface area contributed by atoms with Gasteiger partial charge in [0.1, 0.15) is 11.4 Å². The Labute approximate surface area is 110 Å². The lowest BCUT2D eigenvalue weighted by atomic mass is 9.97. The van der Waals surface area contributed by atoms with Gasteiger partial charge in [-0.25, -0.2) is 0 Å². The summed E-state index contributed by atoms with van der Waals surface area (Å²) in [5.41, 5.74) is 0.605. The molecule has 0 aromatic heterocycles. The maximum absolute atomic E-state index is 12.0. The summed E-state index contributed by atoms with van der Waals surface area (Å²) in [7, 11) is 0. The minimum Gasteiger partial charge on any atom is -0.488 e. The zero-order valence-electron chi connectivity index (χ0n) is 12.1. The largest absolute Gasteiger partial charge is 0.488 e. The molecule has 0 N–H and O–H groups in total. The van der Waals surface area contributed by atoms with Crippen LogP contribution >= 0.6 is 0 Å². The van der Waals surface area contributed by atoms with Crippen LogP contribution in [0.3, 0.4) is 0 Å². The molecule has 1 aromatic carbocycles. The standard InChI is InChI=1S/C16H24O2/c1-6-12(3)15(17)13-8-10-14(11-9-13)18-16(4,5)7-2/h8-12H,6-7H2,1-5H3. The Hall–Kier alpha value is -1.31. The van der Waals surface area contributed by atoms with Gasteiger partial charge in [0.25, 0.3) is 0 Å². The first-order valence-electron chi connectivity index (χ1n) is 6.73. The van der Waals surface area contributed by atoms with Crippen molar-refractivity contribution >= 4 is 5.78 Å². The smallest absolute Gasteiger partial charge is 0.165 e. The first-order chi connectivity index (χ1) is 8.39. The van der Waals surface area contributed by atoms with E-state index in [0.29, 0.717) is 0 Å². The summed E-state index contributed by atoms with van der Waals surface area (Å²) in [6, 6.07) is 7.48. The van der Waals surface area contributed by atoms with E-state index in [1.54, 1.807) is 0 Å². The van der Waals surface area contributed by atoms with Crippen LogP contribution in [0.5, 0.6) is 5.75 Å². The first kappa shape index (κ1) is 14.7. The van der Waals surface area contributed by atoms with Crippen molar-refractivity contribution in [3.05, 3.63) is 29.8 Å². The molecule has 0 heterocycles. The maximum Gasteiger partial charge on any atom is 0.165 e. The zero-order valence-corrected chi connectivity index (χ0v) is 12.1. The Bertz CT molecular complexity index is 390. The Morgan fingerprint density at radius 3 is 2.22 bits per heavy atom. The predicted octanol–water partition coefficient (Wildman–Crippen LogP) is 4.48. The summed E-state index contributed by atoms with van der Waals surface area (Å²) >= 11 is 0. The van der Waals surface area contributed by atoms with Crippen LogP contribution in [-0.4, -0.2) is 11.4 Å². The number of ether oxygens (including phenoxy) is 1. The van der Waals surface area contributed by atoms with Crippen molar-refractivity contribution < 1.29 is 9.53 Å². The highest BCUT2D eigenvalue weighted by atomic mass is 16.5. The molecule has 18 heavy (non-hydrogen) atoms. The SMILES string of the molecule is CCC(C)C(=O)c1ccc(OC(C)(C)CC)cc1. The van der Waals surface area contributed by atoms with Gasteiger partial charge in [-0.2, -0.15) is 0 Å². The van der Waals surface area contributed by atoms with Crippen molar-refractivity contribution in [2.45, 2.75) is 53.1 Å². The molecule has 2 nitrogen and oxygen atoms in total. The Morgan fingerprint density at radius 1 is 1.22 bits per heavy atom. The number of hydrogen-bond donors (Lipinski definition) is 0. The fourth-order valence-corrected chi connectivity index (χ4v) is 1.55. The molecule has 0 amide bonds. The average Bonchev–Trinajstić information content (AvgIpc) is 2.37. The quantitative estimate of drug-likeness (QED) is 0.694. The molecule has 1 atom stereocenters. The number of carbonyl (C=O) groups is 1. The van der Waals surface area contributed by atoms with E-state index in [9.17, 15) is 4.79 Å². The van der Waals surface area contributed by atoms with Crippen molar-refractivity contribution in [1.29, 1.82) is 0 Å². The average molecular weight is 248 g/mol. The fraction of sp³-hybridized carbons (Fsp3) is 0.562. The number of Topliss-reactive ketones (excluding diaryl/α,β-unsaturated/α-hetero) is 1. The molecule has 1 unspecified atom stereocenters. The lowest BCUT2D eigenvalue weighted by Crippen LogP contribution is -2.26. The van der Waals surface area contributed by atoms with Gasteiger partial charge in [0.05, 0.1) is 0 Å². The molecule has 0 spiro atoms. The molecule has 0 bridgehead atoms. The molecular formula is C16H24O2. The molecule has 0 aliphatic rings. The van der Waals surface area contributed by atoms with Gasteiger partial charge >= 0.3 is 0 Å². The van der Waals surface area contributed by atoms with E-state index in [4.69, 9.17) is 4.74 Å². The number of carbonyl (C=O) groups excluding carboxylic acids is 1. The molecule has 100 valence electrons. The molecule has 0 aliphatic carbocycles. The van der Waals surface area contributed by atoms with Crippen molar-refractivity contribution in [3.8, 4) is 5.75 Å². The van der Waals surface area contributed by atoms with E-state index in [-0.39, 0.29) is 17.3 Å². The first-order valence-corrected chi connectivity index (χ1v) is 6.73. The van der Waals surface area contributed by atoms with E-state index in [1.807, 2.05) is 38.1 Å². The van der Waals surface area contributed by atoms with E-state index >= 15 is 0 Å². The Balaban J connectivity index is 2.77. The lowest BCUT2D eigenvalue weighted by molar-refractivity contribution is 0.0927.